The minimum absolute atomic E-state index is 0.338. The maximum Gasteiger partial charge on any atom is 0.117 e. The monoisotopic (exact) mass is 241 g/mol. The lowest BCUT2D eigenvalue weighted by Crippen LogP contribution is -2.17. The lowest BCUT2D eigenvalue weighted by atomic mass is 10.3. The van der Waals surface area contributed by atoms with E-state index in [1.54, 1.807) is 6.07 Å². The number of halogens is 1. The van der Waals surface area contributed by atoms with Gasteiger partial charge in [-0.1, -0.05) is 0 Å². The van der Waals surface area contributed by atoms with Crippen molar-refractivity contribution in [2.75, 3.05) is 18.0 Å². The molecule has 0 spiro atoms. The van der Waals surface area contributed by atoms with Crippen LogP contribution in [0.25, 0.3) is 0 Å². The van der Waals surface area contributed by atoms with Crippen molar-refractivity contribution < 1.29 is 5.11 Å². The highest BCUT2D eigenvalue weighted by Gasteiger charge is 2.14. The number of phenolic OH excluding ortho intramolecular Hbond substituents is 1. The van der Waals surface area contributed by atoms with E-state index in [2.05, 4.69) is 20.8 Å². The van der Waals surface area contributed by atoms with Crippen molar-refractivity contribution >= 4 is 21.6 Å². The Balaban J connectivity index is 2.32. The fourth-order valence-corrected chi connectivity index (χ4v) is 2.20. The second-order valence-corrected chi connectivity index (χ2v) is 4.18. The Morgan fingerprint density at radius 1 is 1.23 bits per heavy atom. The number of anilines is 1. The minimum atomic E-state index is 0.338. The molecular weight excluding hydrogens is 230 g/mol. The first kappa shape index (κ1) is 8.88. The van der Waals surface area contributed by atoms with E-state index in [1.807, 2.05) is 12.1 Å². The topological polar surface area (TPSA) is 23.5 Å². The maximum absolute atomic E-state index is 9.35. The Hall–Kier alpha value is -0.700. The third-order valence-corrected chi connectivity index (χ3v) is 3.05. The molecule has 1 aromatic carbocycles. The van der Waals surface area contributed by atoms with E-state index in [1.165, 1.54) is 12.8 Å². The van der Waals surface area contributed by atoms with Gasteiger partial charge in [-0.25, -0.2) is 0 Å². The molecule has 0 saturated carbocycles. The molecule has 0 bridgehead atoms. The van der Waals surface area contributed by atoms with Crippen LogP contribution in [0.3, 0.4) is 0 Å². The molecule has 1 aliphatic heterocycles. The third kappa shape index (κ3) is 1.80. The molecule has 1 aliphatic rings. The highest BCUT2D eigenvalue weighted by Crippen LogP contribution is 2.31. The lowest BCUT2D eigenvalue weighted by molar-refractivity contribution is 0.475. The molecule has 0 amide bonds. The number of phenols is 1. The van der Waals surface area contributed by atoms with Crippen molar-refractivity contribution in [3.8, 4) is 5.75 Å². The highest BCUT2D eigenvalue weighted by atomic mass is 79.9. The van der Waals surface area contributed by atoms with Crippen molar-refractivity contribution in [2.24, 2.45) is 0 Å². The Labute approximate surface area is 86.3 Å². The van der Waals surface area contributed by atoms with Gasteiger partial charge in [-0.3, -0.25) is 0 Å². The first-order chi connectivity index (χ1) is 6.27. The average molecular weight is 242 g/mol. The van der Waals surface area contributed by atoms with Crippen molar-refractivity contribution in [3.05, 3.63) is 22.7 Å². The van der Waals surface area contributed by atoms with Crippen LogP contribution in [0.1, 0.15) is 12.8 Å². The number of hydrogen-bond acceptors (Lipinski definition) is 2. The van der Waals surface area contributed by atoms with Crippen molar-refractivity contribution in [3.63, 3.8) is 0 Å². The van der Waals surface area contributed by atoms with Gasteiger partial charge in [-0.05, 0) is 40.9 Å². The molecule has 1 aromatic rings. The van der Waals surface area contributed by atoms with Gasteiger partial charge < -0.3 is 10.0 Å². The molecule has 1 heterocycles. The molecule has 0 unspecified atom stereocenters. The molecule has 70 valence electrons. The highest BCUT2D eigenvalue weighted by molar-refractivity contribution is 9.10. The van der Waals surface area contributed by atoms with Crippen molar-refractivity contribution in [1.29, 1.82) is 0 Å². The average Bonchev–Trinajstić information content (AvgIpc) is 2.61. The summed E-state index contributed by atoms with van der Waals surface area (Å²) in [6.45, 7) is 2.20. The zero-order valence-corrected chi connectivity index (χ0v) is 8.92. The summed E-state index contributed by atoms with van der Waals surface area (Å²) in [5.41, 5.74) is 1.11. The first-order valence-electron chi connectivity index (χ1n) is 4.51. The number of aromatic hydroxyl groups is 1. The van der Waals surface area contributed by atoms with Crippen LogP contribution in [0.4, 0.5) is 5.69 Å². The molecule has 13 heavy (non-hydrogen) atoms. The normalized spacial score (nSPS) is 16.5. The molecule has 0 atom stereocenters. The summed E-state index contributed by atoms with van der Waals surface area (Å²) in [4.78, 5) is 2.30. The number of benzene rings is 1. The van der Waals surface area contributed by atoms with Gasteiger partial charge in [0.1, 0.15) is 5.75 Å². The van der Waals surface area contributed by atoms with Crippen molar-refractivity contribution in [2.45, 2.75) is 12.8 Å². The van der Waals surface area contributed by atoms with Gasteiger partial charge in [-0.15, -0.1) is 0 Å². The minimum Gasteiger partial charge on any atom is -0.508 e. The Morgan fingerprint density at radius 2 is 1.92 bits per heavy atom. The van der Waals surface area contributed by atoms with Crippen LogP contribution in [0.2, 0.25) is 0 Å². The van der Waals surface area contributed by atoms with E-state index in [-0.39, 0.29) is 0 Å². The third-order valence-electron chi connectivity index (χ3n) is 2.38. The summed E-state index contributed by atoms with van der Waals surface area (Å²) in [7, 11) is 0. The Kier molecular flexibility index (Phi) is 2.44. The smallest absolute Gasteiger partial charge is 0.117 e. The number of rotatable bonds is 1. The van der Waals surface area contributed by atoms with Crippen LogP contribution in [-0.4, -0.2) is 18.2 Å². The Morgan fingerprint density at radius 3 is 2.62 bits per heavy atom. The van der Waals surface area contributed by atoms with E-state index < -0.39 is 0 Å². The molecule has 2 nitrogen and oxygen atoms in total. The van der Waals surface area contributed by atoms with Gasteiger partial charge in [0.2, 0.25) is 0 Å². The summed E-state index contributed by atoms with van der Waals surface area (Å²) in [5.74, 6) is 0.338. The van der Waals surface area contributed by atoms with Crippen LogP contribution in [0.5, 0.6) is 5.75 Å². The summed E-state index contributed by atoms with van der Waals surface area (Å²) < 4.78 is 1.06. The zero-order valence-electron chi connectivity index (χ0n) is 7.33. The van der Waals surface area contributed by atoms with Gasteiger partial charge in [0.15, 0.2) is 0 Å². The summed E-state index contributed by atoms with van der Waals surface area (Å²) >= 11 is 3.49. The molecule has 1 N–H and O–H groups in total. The second-order valence-electron chi connectivity index (χ2n) is 3.33. The van der Waals surface area contributed by atoms with E-state index in [4.69, 9.17) is 0 Å². The fraction of sp³-hybridized carbons (Fsp3) is 0.400. The van der Waals surface area contributed by atoms with E-state index in [0.717, 1.165) is 23.2 Å². The molecule has 0 radical (unpaired) electrons. The number of nitrogens with zero attached hydrogens (tertiary/aromatic N) is 1. The SMILES string of the molecule is Oc1ccc(Br)c(N2CCCC2)c1. The summed E-state index contributed by atoms with van der Waals surface area (Å²) in [5, 5.41) is 9.35. The van der Waals surface area contributed by atoms with Crippen LogP contribution >= 0.6 is 15.9 Å². The standard InChI is InChI=1S/C10H12BrNO/c11-9-4-3-8(13)7-10(9)12-5-1-2-6-12/h3-4,7,13H,1-2,5-6H2. The predicted octanol–water partition coefficient (Wildman–Crippen LogP) is 2.75. The van der Waals surface area contributed by atoms with Crippen LogP contribution in [0, 0.1) is 0 Å². The van der Waals surface area contributed by atoms with Crippen LogP contribution in [0.15, 0.2) is 22.7 Å². The molecule has 1 saturated heterocycles. The largest absolute Gasteiger partial charge is 0.508 e. The first-order valence-corrected chi connectivity index (χ1v) is 5.30. The van der Waals surface area contributed by atoms with Crippen LogP contribution < -0.4 is 4.90 Å². The van der Waals surface area contributed by atoms with E-state index in [9.17, 15) is 5.11 Å². The number of hydrogen-bond donors (Lipinski definition) is 1. The quantitative estimate of drug-likeness (QED) is 0.818. The van der Waals surface area contributed by atoms with Gasteiger partial charge in [-0.2, -0.15) is 0 Å². The molecule has 1 fully saturated rings. The second kappa shape index (κ2) is 3.58. The lowest BCUT2D eigenvalue weighted by Gasteiger charge is -2.19. The van der Waals surface area contributed by atoms with E-state index >= 15 is 0 Å². The molecule has 0 aromatic heterocycles. The summed E-state index contributed by atoms with van der Waals surface area (Å²) in [6.07, 6.45) is 2.50. The fourth-order valence-electron chi connectivity index (χ4n) is 1.70. The van der Waals surface area contributed by atoms with Gasteiger partial charge in [0.05, 0.1) is 5.69 Å². The van der Waals surface area contributed by atoms with Crippen LogP contribution in [-0.2, 0) is 0 Å². The van der Waals surface area contributed by atoms with Crippen molar-refractivity contribution in [1.82, 2.24) is 0 Å². The molecule has 2 rings (SSSR count). The molecule has 0 aliphatic carbocycles. The summed E-state index contributed by atoms with van der Waals surface area (Å²) in [6, 6.07) is 5.40. The molecule has 3 heteroatoms. The van der Waals surface area contributed by atoms with E-state index in [0.29, 0.717) is 5.75 Å². The molecular formula is C10H12BrNO. The van der Waals surface area contributed by atoms with Gasteiger partial charge in [0, 0.05) is 23.6 Å². The van der Waals surface area contributed by atoms with Gasteiger partial charge >= 0.3 is 0 Å². The van der Waals surface area contributed by atoms with Gasteiger partial charge in [0.25, 0.3) is 0 Å². The zero-order chi connectivity index (χ0) is 9.26. The predicted molar refractivity (Wildman–Crippen MR) is 57.3 cm³/mol. The Bertz CT molecular complexity index is 308. The maximum atomic E-state index is 9.35.